The van der Waals surface area contributed by atoms with Gasteiger partial charge in [0.15, 0.2) is 11.5 Å². The van der Waals surface area contributed by atoms with E-state index < -0.39 is 0 Å². The Morgan fingerprint density at radius 2 is 2.04 bits per heavy atom. The standard InChI is InChI=1S/C19H16BrFN6O/c1-11-7-14(15-8-22-26(2)18(15)23-11)19(28)24-17-16(20)10-27(25-17)9-12-3-5-13(21)6-4-12/h3-8,10H,9H2,1-2H3,(H,24,25,28). The Morgan fingerprint density at radius 1 is 1.29 bits per heavy atom. The number of aromatic nitrogens is 5. The molecular formula is C19H16BrFN6O. The number of nitrogens with zero attached hydrogens (tertiary/aromatic N) is 5. The predicted molar refractivity (Wildman–Crippen MR) is 107 cm³/mol. The Labute approximate surface area is 168 Å². The van der Waals surface area contributed by atoms with Crippen LogP contribution in [0.5, 0.6) is 0 Å². The van der Waals surface area contributed by atoms with E-state index in [0.717, 1.165) is 11.3 Å². The lowest BCUT2D eigenvalue weighted by molar-refractivity contribution is 0.102. The van der Waals surface area contributed by atoms with Gasteiger partial charge >= 0.3 is 0 Å². The SMILES string of the molecule is Cc1cc(C(=O)Nc2nn(Cc3ccc(F)cc3)cc2Br)c2cnn(C)c2n1. The highest BCUT2D eigenvalue weighted by atomic mass is 79.9. The third kappa shape index (κ3) is 3.53. The van der Waals surface area contributed by atoms with Gasteiger partial charge in [-0.1, -0.05) is 12.1 Å². The zero-order valence-electron chi connectivity index (χ0n) is 15.1. The molecule has 1 amide bonds. The minimum atomic E-state index is -0.295. The van der Waals surface area contributed by atoms with E-state index >= 15 is 0 Å². The minimum absolute atomic E-state index is 0.285. The maximum Gasteiger partial charge on any atom is 0.257 e. The quantitative estimate of drug-likeness (QED) is 0.522. The summed E-state index contributed by atoms with van der Waals surface area (Å²) in [5.41, 5.74) is 2.75. The van der Waals surface area contributed by atoms with Crippen LogP contribution in [0.15, 0.2) is 47.2 Å². The fraction of sp³-hybridized carbons (Fsp3) is 0.158. The second-order valence-electron chi connectivity index (χ2n) is 6.42. The highest BCUT2D eigenvalue weighted by molar-refractivity contribution is 9.10. The van der Waals surface area contributed by atoms with Gasteiger partial charge in [-0.15, -0.1) is 0 Å². The van der Waals surface area contributed by atoms with Crippen molar-refractivity contribution in [2.75, 3.05) is 5.32 Å². The molecule has 0 saturated heterocycles. The highest BCUT2D eigenvalue weighted by Crippen LogP contribution is 2.23. The van der Waals surface area contributed by atoms with Crippen LogP contribution in [0.2, 0.25) is 0 Å². The van der Waals surface area contributed by atoms with Crippen LogP contribution in [0.4, 0.5) is 10.2 Å². The largest absolute Gasteiger partial charge is 0.304 e. The molecule has 142 valence electrons. The number of rotatable bonds is 4. The van der Waals surface area contributed by atoms with Crippen molar-refractivity contribution < 1.29 is 9.18 Å². The Morgan fingerprint density at radius 3 is 2.79 bits per heavy atom. The van der Waals surface area contributed by atoms with Crippen molar-refractivity contribution in [2.45, 2.75) is 13.5 Å². The molecule has 9 heteroatoms. The van der Waals surface area contributed by atoms with Crippen LogP contribution in [0.25, 0.3) is 11.0 Å². The smallest absolute Gasteiger partial charge is 0.257 e. The molecule has 0 fully saturated rings. The summed E-state index contributed by atoms with van der Waals surface area (Å²) in [6, 6.07) is 7.93. The molecule has 28 heavy (non-hydrogen) atoms. The molecule has 4 rings (SSSR count). The van der Waals surface area contributed by atoms with Gasteiger partial charge in [-0.25, -0.2) is 9.37 Å². The summed E-state index contributed by atoms with van der Waals surface area (Å²) >= 11 is 3.42. The monoisotopic (exact) mass is 442 g/mol. The molecule has 4 aromatic rings. The predicted octanol–water partition coefficient (Wildman–Crippen LogP) is 3.68. The van der Waals surface area contributed by atoms with Gasteiger partial charge in [0.25, 0.3) is 5.91 Å². The molecular weight excluding hydrogens is 427 g/mol. The van der Waals surface area contributed by atoms with Gasteiger partial charge < -0.3 is 5.32 Å². The normalized spacial score (nSPS) is 11.1. The summed E-state index contributed by atoms with van der Waals surface area (Å²) in [7, 11) is 1.78. The van der Waals surface area contributed by atoms with Crippen LogP contribution in [-0.2, 0) is 13.6 Å². The number of benzene rings is 1. The van der Waals surface area contributed by atoms with Crippen LogP contribution in [0.3, 0.4) is 0 Å². The lowest BCUT2D eigenvalue weighted by atomic mass is 10.1. The van der Waals surface area contributed by atoms with Crippen molar-refractivity contribution in [3.8, 4) is 0 Å². The van der Waals surface area contributed by atoms with E-state index in [2.05, 4.69) is 36.4 Å². The average Bonchev–Trinajstić information content (AvgIpc) is 3.19. The summed E-state index contributed by atoms with van der Waals surface area (Å²) in [6.07, 6.45) is 3.38. The number of fused-ring (bicyclic) bond motifs is 1. The maximum atomic E-state index is 13.1. The lowest BCUT2D eigenvalue weighted by Crippen LogP contribution is -2.14. The molecule has 0 radical (unpaired) electrons. The third-order valence-corrected chi connectivity index (χ3v) is 4.86. The summed E-state index contributed by atoms with van der Waals surface area (Å²) in [5.74, 6) is -0.178. The van der Waals surface area contributed by atoms with Crippen molar-refractivity contribution in [2.24, 2.45) is 7.05 Å². The maximum absolute atomic E-state index is 13.1. The van der Waals surface area contributed by atoms with Crippen LogP contribution in [0.1, 0.15) is 21.6 Å². The van der Waals surface area contributed by atoms with E-state index in [1.54, 1.807) is 47.0 Å². The van der Waals surface area contributed by atoms with Crippen LogP contribution in [0, 0.1) is 12.7 Å². The average molecular weight is 443 g/mol. The van der Waals surface area contributed by atoms with Crippen molar-refractivity contribution in [1.82, 2.24) is 24.5 Å². The fourth-order valence-electron chi connectivity index (χ4n) is 2.94. The Bertz CT molecular complexity index is 1180. The molecule has 0 bridgehead atoms. The first kappa shape index (κ1) is 18.3. The number of carbonyl (C=O) groups excluding carboxylic acids is 1. The molecule has 1 aromatic carbocycles. The number of hydrogen-bond donors (Lipinski definition) is 1. The third-order valence-electron chi connectivity index (χ3n) is 4.28. The Kier molecular flexibility index (Phi) is 4.68. The molecule has 1 N–H and O–H groups in total. The minimum Gasteiger partial charge on any atom is -0.304 e. The molecule has 7 nitrogen and oxygen atoms in total. The lowest BCUT2D eigenvalue weighted by Gasteiger charge is -2.06. The van der Waals surface area contributed by atoms with E-state index in [-0.39, 0.29) is 11.7 Å². The van der Waals surface area contributed by atoms with Gasteiger partial charge in [0.1, 0.15) is 5.82 Å². The number of nitrogens with one attached hydrogen (secondary N) is 1. The van der Waals surface area contributed by atoms with E-state index in [1.807, 2.05) is 6.92 Å². The number of aryl methyl sites for hydroxylation is 2. The molecule has 0 aliphatic carbocycles. The number of halogens is 2. The van der Waals surface area contributed by atoms with Crippen molar-refractivity contribution in [3.63, 3.8) is 0 Å². The van der Waals surface area contributed by atoms with E-state index in [1.165, 1.54) is 12.1 Å². The molecule has 3 heterocycles. The van der Waals surface area contributed by atoms with E-state index in [4.69, 9.17) is 0 Å². The Hall–Kier alpha value is -3.07. The fourth-order valence-corrected chi connectivity index (χ4v) is 3.36. The number of anilines is 1. The van der Waals surface area contributed by atoms with Crippen molar-refractivity contribution in [1.29, 1.82) is 0 Å². The molecule has 0 aliphatic heterocycles. The molecule has 0 aliphatic rings. The first-order valence-electron chi connectivity index (χ1n) is 8.49. The first-order chi connectivity index (χ1) is 13.4. The van der Waals surface area contributed by atoms with E-state index in [9.17, 15) is 9.18 Å². The molecule has 3 aromatic heterocycles. The van der Waals surface area contributed by atoms with Gasteiger partial charge in [0.2, 0.25) is 0 Å². The van der Waals surface area contributed by atoms with E-state index in [0.29, 0.717) is 33.4 Å². The summed E-state index contributed by atoms with van der Waals surface area (Å²) in [6.45, 7) is 2.28. The molecule has 0 atom stereocenters. The summed E-state index contributed by atoms with van der Waals surface area (Å²) in [5, 5.41) is 12.1. The zero-order valence-corrected chi connectivity index (χ0v) is 16.7. The number of carbonyl (C=O) groups is 1. The summed E-state index contributed by atoms with van der Waals surface area (Å²) in [4.78, 5) is 17.3. The van der Waals surface area contributed by atoms with Gasteiger partial charge in [-0.3, -0.25) is 14.2 Å². The van der Waals surface area contributed by atoms with Crippen molar-refractivity contribution in [3.05, 3.63) is 69.8 Å². The first-order valence-corrected chi connectivity index (χ1v) is 9.28. The highest BCUT2D eigenvalue weighted by Gasteiger charge is 2.17. The van der Waals surface area contributed by atoms with Gasteiger partial charge in [-0.2, -0.15) is 10.2 Å². The number of hydrogen-bond acceptors (Lipinski definition) is 4. The second kappa shape index (κ2) is 7.16. The molecule has 0 saturated carbocycles. The van der Waals surface area contributed by atoms with Crippen LogP contribution >= 0.6 is 15.9 Å². The molecule has 0 spiro atoms. The van der Waals surface area contributed by atoms with Gasteiger partial charge in [-0.05, 0) is 46.6 Å². The summed E-state index contributed by atoms with van der Waals surface area (Å²) < 4.78 is 17.0. The topological polar surface area (TPSA) is 77.6 Å². The van der Waals surface area contributed by atoms with Gasteiger partial charge in [0.05, 0.1) is 28.2 Å². The van der Waals surface area contributed by atoms with Crippen LogP contribution < -0.4 is 5.32 Å². The van der Waals surface area contributed by atoms with Gasteiger partial charge in [0, 0.05) is 18.9 Å². The molecule has 0 unspecified atom stereocenters. The second-order valence-corrected chi connectivity index (χ2v) is 7.27. The zero-order chi connectivity index (χ0) is 19.8. The van der Waals surface area contributed by atoms with Crippen molar-refractivity contribution >= 4 is 38.7 Å². The van der Waals surface area contributed by atoms with Crippen LogP contribution in [-0.4, -0.2) is 30.5 Å². The Balaban J connectivity index is 1.59. The number of amides is 1. The number of pyridine rings is 1.